The molecule has 0 fully saturated rings. The van der Waals surface area contributed by atoms with E-state index in [1.54, 1.807) is 13.8 Å². The van der Waals surface area contributed by atoms with Crippen molar-refractivity contribution in [1.82, 2.24) is 0 Å². The van der Waals surface area contributed by atoms with Crippen LogP contribution in [0.5, 0.6) is 11.5 Å². The van der Waals surface area contributed by atoms with Gasteiger partial charge in [0, 0.05) is 22.3 Å². The Hall–Kier alpha value is -3.80. The zero-order valence-electron chi connectivity index (χ0n) is 15.0. The number of phenolic OH excluding ortho intramolecular Hbond substituents is 2. The molecule has 0 amide bonds. The molecule has 0 aliphatic heterocycles. The van der Waals surface area contributed by atoms with Crippen LogP contribution in [0, 0.1) is 13.8 Å². The van der Waals surface area contributed by atoms with Crippen molar-refractivity contribution in [2.24, 2.45) is 0 Å². The molecule has 6 nitrogen and oxygen atoms in total. The van der Waals surface area contributed by atoms with E-state index in [1.807, 2.05) is 0 Å². The van der Waals surface area contributed by atoms with Gasteiger partial charge in [0.2, 0.25) is 0 Å². The highest BCUT2D eigenvalue weighted by Gasteiger charge is 2.37. The van der Waals surface area contributed by atoms with Crippen LogP contribution < -0.4 is 0 Å². The summed E-state index contributed by atoms with van der Waals surface area (Å²) >= 11 is 0. The van der Waals surface area contributed by atoms with Crippen LogP contribution >= 0.6 is 0 Å². The summed E-state index contributed by atoms with van der Waals surface area (Å²) in [6, 6.07) is 5.65. The van der Waals surface area contributed by atoms with Crippen LogP contribution in [0.3, 0.4) is 0 Å². The minimum atomic E-state index is -0.727. The van der Waals surface area contributed by atoms with Gasteiger partial charge in [-0.15, -0.1) is 0 Å². The number of ketones is 4. The number of hydrogen-bond donors (Lipinski definition) is 2. The molecule has 2 aliphatic carbocycles. The van der Waals surface area contributed by atoms with Gasteiger partial charge in [-0.3, -0.25) is 19.2 Å². The molecule has 138 valence electrons. The van der Waals surface area contributed by atoms with Crippen molar-refractivity contribution >= 4 is 23.1 Å². The SMILES string of the molecule is Cc1cc(O)c2c(c1)C(=O)C=C(C1=CC(=O)c3cc(C)cc(O)c3C1=O)C2=O. The van der Waals surface area contributed by atoms with Crippen LogP contribution in [0.1, 0.15) is 52.6 Å². The maximum atomic E-state index is 12.9. The van der Waals surface area contributed by atoms with Crippen molar-refractivity contribution in [2.45, 2.75) is 13.8 Å². The lowest BCUT2D eigenvalue weighted by molar-refractivity contribution is 0.0959. The van der Waals surface area contributed by atoms with Gasteiger partial charge in [-0.05, 0) is 61.4 Å². The maximum absolute atomic E-state index is 12.9. The molecule has 28 heavy (non-hydrogen) atoms. The number of phenols is 2. The first kappa shape index (κ1) is 17.6. The van der Waals surface area contributed by atoms with Gasteiger partial charge in [0.05, 0.1) is 11.1 Å². The standard InChI is InChI=1S/C22H14O6/c1-9-3-13-15(23)7-11(21(27)19(13)17(25)5-9)12-8-16(24)14-4-10(2)6-18(26)20(14)22(12)28/h3-8,25-26H,1-2H3. The van der Waals surface area contributed by atoms with E-state index in [0.717, 1.165) is 12.2 Å². The topological polar surface area (TPSA) is 109 Å². The number of aryl methyl sites for hydroxylation is 2. The van der Waals surface area contributed by atoms with Gasteiger partial charge in [0.25, 0.3) is 0 Å². The van der Waals surface area contributed by atoms with Crippen molar-refractivity contribution in [3.05, 3.63) is 80.9 Å². The van der Waals surface area contributed by atoms with E-state index < -0.39 is 23.1 Å². The Morgan fingerprint density at radius 3 is 1.32 bits per heavy atom. The Kier molecular flexibility index (Phi) is 3.68. The van der Waals surface area contributed by atoms with Crippen LogP contribution in [0.15, 0.2) is 47.6 Å². The Labute approximate surface area is 159 Å². The van der Waals surface area contributed by atoms with Gasteiger partial charge in [-0.25, -0.2) is 0 Å². The molecule has 0 radical (unpaired) electrons. The first-order valence-electron chi connectivity index (χ1n) is 8.48. The largest absolute Gasteiger partial charge is 0.507 e. The highest BCUT2D eigenvalue weighted by molar-refractivity contribution is 6.35. The summed E-state index contributed by atoms with van der Waals surface area (Å²) in [7, 11) is 0. The fourth-order valence-electron chi connectivity index (χ4n) is 3.62. The Morgan fingerprint density at radius 1 is 0.607 bits per heavy atom. The lowest BCUT2D eigenvalue weighted by Crippen LogP contribution is -2.25. The predicted molar refractivity (Wildman–Crippen MR) is 99.2 cm³/mol. The second-order valence-corrected chi connectivity index (χ2v) is 6.92. The maximum Gasteiger partial charge on any atom is 0.198 e. The normalized spacial score (nSPS) is 15.8. The minimum Gasteiger partial charge on any atom is -0.507 e. The molecule has 0 atom stereocenters. The Morgan fingerprint density at radius 2 is 0.964 bits per heavy atom. The van der Waals surface area contributed by atoms with E-state index in [9.17, 15) is 29.4 Å². The Balaban J connectivity index is 1.89. The van der Waals surface area contributed by atoms with Crippen molar-refractivity contribution in [2.75, 3.05) is 0 Å². The smallest absolute Gasteiger partial charge is 0.198 e. The highest BCUT2D eigenvalue weighted by Crippen LogP contribution is 2.37. The molecule has 4 rings (SSSR count). The van der Waals surface area contributed by atoms with E-state index in [1.165, 1.54) is 24.3 Å². The zero-order chi connectivity index (χ0) is 20.3. The molecule has 2 N–H and O–H groups in total. The molecule has 0 saturated carbocycles. The molecule has 0 unspecified atom stereocenters. The van der Waals surface area contributed by atoms with Crippen molar-refractivity contribution < 1.29 is 29.4 Å². The summed E-state index contributed by atoms with van der Waals surface area (Å²) in [5, 5.41) is 20.4. The summed E-state index contributed by atoms with van der Waals surface area (Å²) < 4.78 is 0. The third-order valence-corrected chi connectivity index (χ3v) is 4.84. The quantitative estimate of drug-likeness (QED) is 0.794. The van der Waals surface area contributed by atoms with Crippen molar-refractivity contribution in [1.29, 1.82) is 0 Å². The molecular formula is C22H14O6. The van der Waals surface area contributed by atoms with E-state index in [0.29, 0.717) is 11.1 Å². The number of allylic oxidation sites excluding steroid dienone is 4. The first-order valence-corrected chi connectivity index (χ1v) is 8.48. The third kappa shape index (κ3) is 2.42. The summed E-state index contributed by atoms with van der Waals surface area (Å²) in [6.45, 7) is 3.34. The molecule has 0 bridgehead atoms. The molecule has 0 heterocycles. The monoisotopic (exact) mass is 374 g/mol. The van der Waals surface area contributed by atoms with Crippen LogP contribution in [0.4, 0.5) is 0 Å². The average Bonchev–Trinajstić information content (AvgIpc) is 2.60. The van der Waals surface area contributed by atoms with Crippen molar-refractivity contribution in [3.63, 3.8) is 0 Å². The number of rotatable bonds is 1. The summed E-state index contributed by atoms with van der Waals surface area (Å²) in [5.41, 5.74) is 0.335. The molecule has 0 spiro atoms. The molecule has 0 aromatic heterocycles. The van der Waals surface area contributed by atoms with Crippen LogP contribution in [-0.2, 0) is 0 Å². The van der Waals surface area contributed by atoms with E-state index >= 15 is 0 Å². The molecular weight excluding hydrogens is 360 g/mol. The van der Waals surface area contributed by atoms with E-state index in [-0.39, 0.29) is 44.9 Å². The van der Waals surface area contributed by atoms with Gasteiger partial charge in [-0.1, -0.05) is 0 Å². The van der Waals surface area contributed by atoms with Gasteiger partial charge >= 0.3 is 0 Å². The fraction of sp³-hybridized carbons (Fsp3) is 0.0909. The van der Waals surface area contributed by atoms with E-state index in [4.69, 9.17) is 0 Å². The van der Waals surface area contributed by atoms with E-state index in [2.05, 4.69) is 0 Å². The highest BCUT2D eigenvalue weighted by atomic mass is 16.3. The first-order chi connectivity index (χ1) is 13.2. The molecule has 0 saturated heterocycles. The number of Topliss-reactive ketones (excluding diaryl/α,β-unsaturated/α-hetero) is 2. The zero-order valence-corrected chi connectivity index (χ0v) is 15.0. The number of fused-ring (bicyclic) bond motifs is 2. The average molecular weight is 374 g/mol. The number of aromatic hydroxyl groups is 2. The van der Waals surface area contributed by atoms with Gasteiger partial charge in [0.1, 0.15) is 11.5 Å². The van der Waals surface area contributed by atoms with Crippen LogP contribution in [0.2, 0.25) is 0 Å². The Bertz CT molecular complexity index is 1110. The molecule has 2 aliphatic rings. The summed E-state index contributed by atoms with van der Waals surface area (Å²) in [5.74, 6) is -3.29. The minimum absolute atomic E-state index is 0.0420. The van der Waals surface area contributed by atoms with Gasteiger partial charge < -0.3 is 10.2 Å². The molecule has 6 heteroatoms. The number of carbonyl (C=O) groups excluding carboxylic acids is 4. The second kappa shape index (κ2) is 5.85. The number of benzene rings is 2. The third-order valence-electron chi connectivity index (χ3n) is 4.84. The lowest BCUT2D eigenvalue weighted by atomic mass is 9.79. The summed E-state index contributed by atoms with van der Waals surface area (Å²) in [4.78, 5) is 50.9. The second-order valence-electron chi connectivity index (χ2n) is 6.92. The summed E-state index contributed by atoms with van der Waals surface area (Å²) in [6.07, 6.45) is 1.99. The number of hydrogen-bond acceptors (Lipinski definition) is 6. The van der Waals surface area contributed by atoms with Crippen LogP contribution in [-0.4, -0.2) is 33.3 Å². The van der Waals surface area contributed by atoms with Gasteiger partial charge in [-0.2, -0.15) is 0 Å². The lowest BCUT2D eigenvalue weighted by Gasteiger charge is -2.21. The van der Waals surface area contributed by atoms with Crippen molar-refractivity contribution in [3.8, 4) is 11.5 Å². The molecule has 2 aromatic rings. The number of carbonyl (C=O) groups is 4. The predicted octanol–water partition coefficient (Wildman–Crippen LogP) is 3.03. The molecule has 2 aromatic carbocycles. The fourth-order valence-corrected chi connectivity index (χ4v) is 3.62. The van der Waals surface area contributed by atoms with Gasteiger partial charge in [0.15, 0.2) is 23.1 Å². The van der Waals surface area contributed by atoms with Crippen LogP contribution in [0.25, 0.3) is 0 Å².